The number of hydrogen-bond acceptors (Lipinski definition) is 8. The number of allylic oxidation sites excluding steroid dienone is 1. The second-order valence-electron chi connectivity index (χ2n) is 10.3. The Balaban J connectivity index is 1.53. The van der Waals surface area contributed by atoms with Crippen molar-refractivity contribution >= 4 is 39.3 Å². The maximum absolute atomic E-state index is 14.0. The molecule has 4 aromatic rings. The topological polar surface area (TPSA) is 103 Å². The number of ether oxygens (including phenoxy) is 3. The van der Waals surface area contributed by atoms with Gasteiger partial charge in [0.1, 0.15) is 24.1 Å². The molecule has 0 saturated heterocycles. The first kappa shape index (κ1) is 31.0. The van der Waals surface area contributed by atoms with Gasteiger partial charge < -0.3 is 14.2 Å². The van der Waals surface area contributed by atoms with Crippen LogP contribution in [-0.2, 0) is 16.1 Å². The van der Waals surface area contributed by atoms with Crippen molar-refractivity contribution in [3.63, 3.8) is 0 Å². The Labute approximate surface area is 267 Å². The maximum Gasteiger partial charge on any atom is 0.338 e. The average Bonchev–Trinajstić information content (AvgIpc) is 3.30. The highest BCUT2D eigenvalue weighted by molar-refractivity contribution is 9.10. The van der Waals surface area contributed by atoms with Gasteiger partial charge in [0.05, 0.1) is 44.6 Å². The van der Waals surface area contributed by atoms with Gasteiger partial charge in [0, 0.05) is 5.56 Å². The predicted octanol–water partition coefficient (Wildman–Crippen LogP) is 5.80. The second-order valence-corrected chi connectivity index (χ2v) is 12.2. The van der Waals surface area contributed by atoms with Crippen LogP contribution in [0, 0.1) is 11.3 Å². The molecule has 0 fully saturated rings. The van der Waals surface area contributed by atoms with E-state index in [0.29, 0.717) is 49.8 Å². The van der Waals surface area contributed by atoms with E-state index in [2.05, 4.69) is 27.0 Å². The molecule has 0 saturated carbocycles. The molecule has 44 heavy (non-hydrogen) atoms. The largest absolute Gasteiger partial charge is 0.491 e. The molecule has 224 valence electrons. The summed E-state index contributed by atoms with van der Waals surface area (Å²) >= 11 is 4.85. The molecular formula is C34H30BrN3O5S. The first-order valence-corrected chi connectivity index (χ1v) is 15.7. The second kappa shape index (κ2) is 13.5. The quantitative estimate of drug-likeness (QED) is 0.209. The van der Waals surface area contributed by atoms with Crippen LogP contribution in [0.25, 0.3) is 6.08 Å². The molecule has 3 aromatic carbocycles. The summed E-state index contributed by atoms with van der Waals surface area (Å²) in [6.45, 7) is 7.89. The number of carbonyl (C=O) groups excluding carboxylic acids is 1. The standard InChI is InChI=1S/C34H30BrN3O5S/c1-5-41-33(40)30-21(4)37-34-38(31(30)25-8-6-7-9-27(25)43-20(2)3)32(39)29(44-34)17-24-14-15-28(26(35)16-24)42-19-23-12-10-22(18-36)11-13-23/h6-17,20,31H,5,19H2,1-4H3/b29-17-/t31-/m1/s1. The average molecular weight is 673 g/mol. The molecule has 5 rings (SSSR count). The van der Waals surface area contributed by atoms with Gasteiger partial charge in [-0.25, -0.2) is 9.79 Å². The molecule has 1 aromatic heterocycles. The van der Waals surface area contributed by atoms with Gasteiger partial charge in [-0.2, -0.15) is 5.26 Å². The van der Waals surface area contributed by atoms with Crippen molar-refractivity contribution in [1.29, 1.82) is 5.26 Å². The molecule has 1 aliphatic heterocycles. The Bertz CT molecular complexity index is 1970. The summed E-state index contributed by atoms with van der Waals surface area (Å²) in [7, 11) is 0. The smallest absolute Gasteiger partial charge is 0.338 e. The molecule has 0 unspecified atom stereocenters. The zero-order valence-corrected chi connectivity index (χ0v) is 27.1. The third-order valence-electron chi connectivity index (χ3n) is 6.82. The van der Waals surface area contributed by atoms with Crippen molar-refractivity contribution in [2.45, 2.75) is 46.4 Å². The lowest BCUT2D eigenvalue weighted by atomic mass is 9.95. The van der Waals surface area contributed by atoms with Gasteiger partial charge in [0.15, 0.2) is 4.80 Å². The Morgan fingerprint density at radius 1 is 1.14 bits per heavy atom. The number of hydrogen-bond donors (Lipinski definition) is 0. The first-order chi connectivity index (χ1) is 21.2. The molecule has 8 nitrogen and oxygen atoms in total. The highest BCUT2D eigenvalue weighted by Gasteiger charge is 2.35. The van der Waals surface area contributed by atoms with E-state index in [1.165, 1.54) is 11.3 Å². The Morgan fingerprint density at radius 2 is 1.89 bits per heavy atom. The van der Waals surface area contributed by atoms with Crippen molar-refractivity contribution in [3.05, 3.63) is 124 Å². The minimum Gasteiger partial charge on any atom is -0.491 e. The van der Waals surface area contributed by atoms with Gasteiger partial charge >= 0.3 is 5.97 Å². The third-order valence-corrected chi connectivity index (χ3v) is 8.43. The molecule has 0 radical (unpaired) electrons. The summed E-state index contributed by atoms with van der Waals surface area (Å²) in [6.07, 6.45) is 1.69. The molecule has 0 spiro atoms. The zero-order chi connectivity index (χ0) is 31.4. The Hall–Kier alpha value is -4.46. The van der Waals surface area contributed by atoms with Crippen LogP contribution in [0.15, 0.2) is 92.3 Å². The van der Waals surface area contributed by atoms with Crippen molar-refractivity contribution in [2.24, 2.45) is 4.99 Å². The molecule has 0 bridgehead atoms. The normalized spacial score (nSPS) is 14.6. The number of fused-ring (bicyclic) bond motifs is 1. The molecule has 10 heteroatoms. The van der Waals surface area contributed by atoms with E-state index in [-0.39, 0.29) is 18.3 Å². The number of nitrogens with zero attached hydrogens (tertiary/aromatic N) is 3. The van der Waals surface area contributed by atoms with E-state index >= 15 is 0 Å². The summed E-state index contributed by atoms with van der Waals surface area (Å²) in [6, 6.07) is 21.6. The van der Waals surface area contributed by atoms with Crippen LogP contribution in [0.1, 0.15) is 56.0 Å². The zero-order valence-electron chi connectivity index (χ0n) is 24.7. The minimum absolute atomic E-state index is 0.113. The molecule has 0 aliphatic carbocycles. The number of nitriles is 1. The summed E-state index contributed by atoms with van der Waals surface area (Å²) in [5.74, 6) is 0.705. The van der Waals surface area contributed by atoms with Crippen molar-refractivity contribution < 1.29 is 19.0 Å². The maximum atomic E-state index is 14.0. The van der Waals surface area contributed by atoms with Gasteiger partial charge in [0.2, 0.25) is 0 Å². The van der Waals surface area contributed by atoms with Crippen LogP contribution < -0.4 is 24.4 Å². The van der Waals surface area contributed by atoms with Crippen LogP contribution in [0.5, 0.6) is 11.5 Å². The van der Waals surface area contributed by atoms with Crippen molar-refractivity contribution in [2.75, 3.05) is 6.61 Å². The van der Waals surface area contributed by atoms with Gasteiger partial charge in [-0.05, 0) is 91.2 Å². The fourth-order valence-corrected chi connectivity index (χ4v) is 6.42. The first-order valence-electron chi connectivity index (χ1n) is 14.1. The number of esters is 1. The highest BCUT2D eigenvalue weighted by Crippen LogP contribution is 2.36. The number of carbonyl (C=O) groups is 1. The van der Waals surface area contributed by atoms with Crippen LogP contribution in [0.3, 0.4) is 0 Å². The third kappa shape index (κ3) is 6.54. The monoisotopic (exact) mass is 671 g/mol. The van der Waals surface area contributed by atoms with Gasteiger partial charge in [-0.3, -0.25) is 9.36 Å². The summed E-state index contributed by atoms with van der Waals surface area (Å²) in [5.41, 5.74) is 3.52. The highest BCUT2D eigenvalue weighted by atomic mass is 79.9. The Morgan fingerprint density at radius 3 is 2.57 bits per heavy atom. The summed E-state index contributed by atoms with van der Waals surface area (Å²) < 4.78 is 20.3. The molecular weight excluding hydrogens is 642 g/mol. The number of aromatic nitrogens is 1. The lowest BCUT2D eigenvalue weighted by molar-refractivity contribution is -0.139. The van der Waals surface area contributed by atoms with Crippen molar-refractivity contribution in [1.82, 2.24) is 4.57 Å². The molecule has 0 N–H and O–H groups in total. The van der Waals surface area contributed by atoms with E-state index in [1.807, 2.05) is 68.4 Å². The number of benzene rings is 3. The molecule has 1 aliphatic rings. The fraction of sp³-hybridized carbons (Fsp3) is 0.235. The molecule has 1 atom stereocenters. The number of halogens is 1. The molecule has 2 heterocycles. The fourth-order valence-electron chi connectivity index (χ4n) is 4.87. The SMILES string of the molecule is CCOC(=O)C1=C(C)N=c2s/c(=C\c3ccc(OCc4ccc(C#N)cc4)c(Br)c3)c(=O)n2[C@@H]1c1ccccc1OC(C)C. The van der Waals surface area contributed by atoms with Crippen molar-refractivity contribution in [3.8, 4) is 17.6 Å². The number of thiazole rings is 1. The van der Waals surface area contributed by atoms with Crippen LogP contribution in [0.2, 0.25) is 0 Å². The van der Waals surface area contributed by atoms with Crippen LogP contribution in [-0.4, -0.2) is 23.2 Å². The summed E-state index contributed by atoms with van der Waals surface area (Å²) in [5, 5.41) is 9.00. The van der Waals surface area contributed by atoms with Crippen LogP contribution in [0.4, 0.5) is 0 Å². The lowest BCUT2D eigenvalue weighted by Gasteiger charge is -2.26. The van der Waals surface area contributed by atoms with E-state index in [4.69, 9.17) is 19.5 Å². The van der Waals surface area contributed by atoms with Crippen LogP contribution >= 0.6 is 27.3 Å². The van der Waals surface area contributed by atoms with Gasteiger partial charge in [-0.1, -0.05) is 47.7 Å². The number of rotatable bonds is 9. The van der Waals surface area contributed by atoms with E-state index < -0.39 is 12.0 Å². The Kier molecular flexibility index (Phi) is 9.47. The van der Waals surface area contributed by atoms with E-state index in [1.54, 1.807) is 36.6 Å². The predicted molar refractivity (Wildman–Crippen MR) is 172 cm³/mol. The van der Waals surface area contributed by atoms with E-state index in [9.17, 15) is 9.59 Å². The summed E-state index contributed by atoms with van der Waals surface area (Å²) in [4.78, 5) is 32.4. The lowest BCUT2D eigenvalue weighted by Crippen LogP contribution is -2.40. The molecule has 0 amide bonds. The van der Waals surface area contributed by atoms with Gasteiger partial charge in [0.25, 0.3) is 5.56 Å². The van der Waals surface area contributed by atoms with E-state index in [0.717, 1.165) is 15.6 Å². The number of para-hydroxylation sites is 1. The minimum atomic E-state index is -0.771. The van der Waals surface area contributed by atoms with Gasteiger partial charge in [-0.15, -0.1) is 0 Å².